The van der Waals surface area contributed by atoms with E-state index < -0.39 is 15.9 Å². The number of rotatable bonds is 5. The Kier molecular flexibility index (Phi) is 5.90. The molecule has 0 aliphatic rings. The zero-order valence-electron chi connectivity index (χ0n) is 16.0. The number of sulfonamides is 1. The highest BCUT2D eigenvalue weighted by atomic mass is 35.5. The van der Waals surface area contributed by atoms with Gasteiger partial charge in [-0.25, -0.2) is 13.4 Å². The minimum atomic E-state index is -3.78. The van der Waals surface area contributed by atoms with Gasteiger partial charge >= 0.3 is 0 Å². The molecule has 6 nitrogen and oxygen atoms in total. The van der Waals surface area contributed by atoms with Crippen LogP contribution in [0.3, 0.4) is 0 Å². The molecule has 0 atom stereocenters. The SMILES string of the molecule is Cc1ccc(S(=O)(=O)Nc2cccc(C(=O)Nc3nc4c(Cl)ccc(Cl)c4s3)c2)cc1. The van der Waals surface area contributed by atoms with Crippen molar-refractivity contribution >= 4 is 71.5 Å². The number of hydrogen-bond acceptors (Lipinski definition) is 5. The third kappa shape index (κ3) is 4.67. The Morgan fingerprint density at radius 3 is 2.42 bits per heavy atom. The Labute approximate surface area is 192 Å². The van der Waals surface area contributed by atoms with Crippen molar-refractivity contribution in [1.29, 1.82) is 0 Å². The van der Waals surface area contributed by atoms with Gasteiger partial charge in [-0.2, -0.15) is 0 Å². The normalized spacial score (nSPS) is 11.5. The van der Waals surface area contributed by atoms with E-state index in [-0.39, 0.29) is 16.1 Å². The highest BCUT2D eigenvalue weighted by molar-refractivity contribution is 7.92. The van der Waals surface area contributed by atoms with Crippen molar-refractivity contribution in [3.63, 3.8) is 0 Å². The number of aromatic nitrogens is 1. The number of anilines is 2. The molecule has 4 aromatic rings. The molecule has 0 bridgehead atoms. The molecule has 0 aliphatic carbocycles. The van der Waals surface area contributed by atoms with Gasteiger partial charge in [0.1, 0.15) is 5.52 Å². The number of carbonyl (C=O) groups excluding carboxylic acids is 1. The van der Waals surface area contributed by atoms with Crippen molar-refractivity contribution in [2.24, 2.45) is 0 Å². The fourth-order valence-electron chi connectivity index (χ4n) is 2.82. The van der Waals surface area contributed by atoms with E-state index in [2.05, 4.69) is 15.0 Å². The molecule has 1 amide bonds. The molecule has 0 radical (unpaired) electrons. The fraction of sp³-hybridized carbons (Fsp3) is 0.0476. The van der Waals surface area contributed by atoms with Gasteiger partial charge in [0.05, 0.1) is 19.6 Å². The Hall–Kier alpha value is -2.65. The molecule has 1 heterocycles. The van der Waals surface area contributed by atoms with Gasteiger partial charge in [0, 0.05) is 11.3 Å². The quantitative estimate of drug-likeness (QED) is 0.360. The summed E-state index contributed by atoms with van der Waals surface area (Å²) in [5.41, 5.74) is 1.99. The first-order valence-corrected chi connectivity index (χ1v) is 12.0. The van der Waals surface area contributed by atoms with Crippen LogP contribution in [-0.2, 0) is 10.0 Å². The van der Waals surface area contributed by atoms with Crippen molar-refractivity contribution in [2.45, 2.75) is 11.8 Å². The molecule has 0 aliphatic heterocycles. The smallest absolute Gasteiger partial charge is 0.261 e. The van der Waals surface area contributed by atoms with Crippen LogP contribution in [0.4, 0.5) is 10.8 Å². The fourth-order valence-corrected chi connectivity index (χ4v) is 5.29. The Bertz CT molecular complexity index is 1360. The Morgan fingerprint density at radius 1 is 1.00 bits per heavy atom. The summed E-state index contributed by atoms with van der Waals surface area (Å²) >= 11 is 13.5. The van der Waals surface area contributed by atoms with Crippen molar-refractivity contribution in [3.8, 4) is 0 Å². The van der Waals surface area contributed by atoms with Gasteiger partial charge in [-0.05, 0) is 49.4 Å². The van der Waals surface area contributed by atoms with Crippen molar-refractivity contribution in [1.82, 2.24) is 4.98 Å². The lowest BCUT2D eigenvalue weighted by Crippen LogP contribution is -2.15. The Morgan fingerprint density at radius 2 is 1.71 bits per heavy atom. The van der Waals surface area contributed by atoms with Gasteiger partial charge in [-0.3, -0.25) is 14.8 Å². The molecule has 4 rings (SSSR count). The van der Waals surface area contributed by atoms with E-state index in [9.17, 15) is 13.2 Å². The molecular formula is C21H15Cl2N3O3S2. The van der Waals surface area contributed by atoms with E-state index in [0.29, 0.717) is 25.4 Å². The average molecular weight is 492 g/mol. The van der Waals surface area contributed by atoms with Crippen LogP contribution < -0.4 is 10.0 Å². The molecule has 31 heavy (non-hydrogen) atoms. The summed E-state index contributed by atoms with van der Waals surface area (Å²) in [5.74, 6) is -0.442. The van der Waals surface area contributed by atoms with E-state index >= 15 is 0 Å². The second kappa shape index (κ2) is 8.47. The second-order valence-corrected chi connectivity index (χ2v) is 10.2. The number of amides is 1. The van der Waals surface area contributed by atoms with E-state index in [1.165, 1.54) is 29.5 Å². The van der Waals surface area contributed by atoms with Crippen molar-refractivity contribution < 1.29 is 13.2 Å². The van der Waals surface area contributed by atoms with Gasteiger partial charge < -0.3 is 0 Å². The van der Waals surface area contributed by atoms with Crippen molar-refractivity contribution in [2.75, 3.05) is 10.0 Å². The Balaban J connectivity index is 1.55. The van der Waals surface area contributed by atoms with E-state index in [1.807, 2.05) is 6.92 Å². The lowest BCUT2D eigenvalue weighted by atomic mass is 10.2. The van der Waals surface area contributed by atoms with Crippen LogP contribution in [0, 0.1) is 6.92 Å². The van der Waals surface area contributed by atoms with Gasteiger partial charge in [-0.1, -0.05) is 58.3 Å². The number of thiazole rings is 1. The molecule has 2 N–H and O–H groups in total. The van der Waals surface area contributed by atoms with E-state index in [4.69, 9.17) is 23.2 Å². The van der Waals surface area contributed by atoms with Crippen molar-refractivity contribution in [3.05, 3.63) is 81.8 Å². The van der Waals surface area contributed by atoms with Crippen LogP contribution in [0.25, 0.3) is 10.2 Å². The highest BCUT2D eigenvalue weighted by Crippen LogP contribution is 2.36. The molecule has 3 aromatic carbocycles. The van der Waals surface area contributed by atoms with Crippen LogP contribution in [0.1, 0.15) is 15.9 Å². The van der Waals surface area contributed by atoms with Gasteiger partial charge in [-0.15, -0.1) is 0 Å². The molecule has 0 spiro atoms. The first-order chi connectivity index (χ1) is 14.7. The van der Waals surface area contributed by atoms with E-state index in [0.717, 1.165) is 5.56 Å². The summed E-state index contributed by atoms with van der Waals surface area (Å²) in [6, 6.07) is 16.0. The van der Waals surface area contributed by atoms with Gasteiger partial charge in [0.25, 0.3) is 15.9 Å². The number of nitrogens with one attached hydrogen (secondary N) is 2. The monoisotopic (exact) mass is 491 g/mol. The topological polar surface area (TPSA) is 88.2 Å². The molecule has 0 saturated carbocycles. The molecule has 10 heteroatoms. The van der Waals surface area contributed by atoms with Crippen LogP contribution in [0.2, 0.25) is 10.0 Å². The summed E-state index contributed by atoms with van der Waals surface area (Å²) in [7, 11) is -3.78. The number of aryl methyl sites for hydroxylation is 1. The number of benzene rings is 3. The minimum Gasteiger partial charge on any atom is -0.298 e. The summed E-state index contributed by atoms with van der Waals surface area (Å²) in [6.07, 6.45) is 0. The maximum absolute atomic E-state index is 12.7. The number of hydrogen-bond donors (Lipinski definition) is 2. The maximum Gasteiger partial charge on any atom is 0.261 e. The second-order valence-electron chi connectivity index (χ2n) is 6.68. The summed E-state index contributed by atoms with van der Waals surface area (Å²) < 4.78 is 28.4. The zero-order valence-corrected chi connectivity index (χ0v) is 19.2. The highest BCUT2D eigenvalue weighted by Gasteiger charge is 2.17. The molecule has 1 aromatic heterocycles. The number of nitrogens with zero attached hydrogens (tertiary/aromatic N) is 1. The number of halogens is 2. The number of carbonyl (C=O) groups is 1. The average Bonchev–Trinajstić information content (AvgIpc) is 3.16. The lowest BCUT2D eigenvalue weighted by molar-refractivity contribution is 0.102. The molecular weight excluding hydrogens is 477 g/mol. The predicted octanol–water partition coefficient (Wildman–Crippen LogP) is 5.96. The molecule has 0 fully saturated rings. The summed E-state index contributed by atoms with van der Waals surface area (Å²) in [6.45, 7) is 1.87. The number of fused-ring (bicyclic) bond motifs is 1. The summed E-state index contributed by atoms with van der Waals surface area (Å²) in [4.78, 5) is 17.2. The third-order valence-electron chi connectivity index (χ3n) is 4.38. The van der Waals surface area contributed by atoms with Crippen LogP contribution in [-0.4, -0.2) is 19.3 Å². The van der Waals surface area contributed by atoms with E-state index in [1.54, 1.807) is 42.5 Å². The standard InChI is InChI=1S/C21H15Cl2N3O3S2/c1-12-5-7-15(8-6-12)31(28,29)26-14-4-2-3-13(11-14)20(27)25-21-24-18-16(22)9-10-17(23)19(18)30-21/h2-11,26H,1H3,(H,24,25,27). The van der Waals surface area contributed by atoms with Crippen LogP contribution in [0.15, 0.2) is 65.6 Å². The van der Waals surface area contributed by atoms with Gasteiger partial charge in [0.15, 0.2) is 5.13 Å². The largest absolute Gasteiger partial charge is 0.298 e. The first kappa shape index (κ1) is 21.6. The molecule has 158 valence electrons. The van der Waals surface area contributed by atoms with Gasteiger partial charge in [0.2, 0.25) is 0 Å². The predicted molar refractivity (Wildman–Crippen MR) is 126 cm³/mol. The third-order valence-corrected chi connectivity index (χ3v) is 7.51. The first-order valence-electron chi connectivity index (χ1n) is 8.98. The molecule has 0 unspecified atom stereocenters. The van der Waals surface area contributed by atoms with Crippen LogP contribution in [0.5, 0.6) is 0 Å². The minimum absolute atomic E-state index is 0.135. The maximum atomic E-state index is 12.7. The summed E-state index contributed by atoms with van der Waals surface area (Å²) in [5, 5.41) is 3.96. The zero-order chi connectivity index (χ0) is 22.2. The lowest BCUT2D eigenvalue weighted by Gasteiger charge is -2.10. The molecule has 0 saturated heterocycles. The van der Waals surface area contributed by atoms with Crippen LogP contribution >= 0.6 is 34.5 Å².